The minimum atomic E-state index is -0.739. The molecule has 1 aromatic carbocycles. The minimum Gasteiger partial charge on any atom is -0.295 e. The van der Waals surface area contributed by atoms with Gasteiger partial charge in [0.1, 0.15) is 6.04 Å². The molecule has 1 N–H and O–H groups in total. The Morgan fingerprint density at radius 3 is 2.85 bits per heavy atom. The van der Waals surface area contributed by atoms with Crippen molar-refractivity contribution in [3.05, 3.63) is 39.2 Å². The van der Waals surface area contributed by atoms with E-state index < -0.39 is 11.9 Å². The van der Waals surface area contributed by atoms with E-state index in [1.807, 2.05) is 6.07 Å². The van der Waals surface area contributed by atoms with E-state index in [0.29, 0.717) is 15.2 Å². The summed E-state index contributed by atoms with van der Waals surface area (Å²) in [5.74, 6) is -0.802. The molecule has 3 rings (SSSR count). The van der Waals surface area contributed by atoms with Gasteiger partial charge in [-0.3, -0.25) is 19.7 Å². The predicted molar refractivity (Wildman–Crippen MR) is 75.1 cm³/mol. The summed E-state index contributed by atoms with van der Waals surface area (Å²) in [7, 11) is 0. The Hall–Kier alpha value is -2.02. The van der Waals surface area contributed by atoms with Crippen LogP contribution in [0.2, 0.25) is 0 Å². The molecule has 1 aromatic heterocycles. The van der Waals surface area contributed by atoms with Crippen LogP contribution in [0.15, 0.2) is 33.7 Å². The number of aromatic nitrogens is 2. The smallest absolute Gasteiger partial charge is 0.276 e. The summed E-state index contributed by atoms with van der Waals surface area (Å²) in [4.78, 5) is 35.5. The Labute approximate surface area is 121 Å². The molecule has 102 valence electrons. The number of amides is 2. The van der Waals surface area contributed by atoms with Gasteiger partial charge in [-0.05, 0) is 28.4 Å². The SMILES string of the molecule is O=C1CCC(n2ncc3cccc(Br)c3c2=O)C(=O)N1. The van der Waals surface area contributed by atoms with Gasteiger partial charge in [-0.2, -0.15) is 5.10 Å². The number of carbonyl (C=O) groups excluding carboxylic acids is 2. The van der Waals surface area contributed by atoms with Crippen molar-refractivity contribution < 1.29 is 9.59 Å². The normalized spacial score (nSPS) is 19.1. The maximum absolute atomic E-state index is 12.5. The maximum Gasteiger partial charge on any atom is 0.276 e. The standard InChI is InChI=1S/C13H10BrN3O3/c14-8-3-1-2-7-6-15-17(13(20)11(7)8)9-4-5-10(18)16-12(9)19/h1-3,6,9H,4-5H2,(H,16,18,19). The molecule has 1 aliphatic rings. The van der Waals surface area contributed by atoms with Crippen LogP contribution in [0.3, 0.4) is 0 Å². The lowest BCUT2D eigenvalue weighted by Gasteiger charge is -2.21. The molecule has 0 bridgehead atoms. The van der Waals surface area contributed by atoms with E-state index in [2.05, 4.69) is 26.3 Å². The van der Waals surface area contributed by atoms with Gasteiger partial charge in [-0.15, -0.1) is 0 Å². The largest absolute Gasteiger partial charge is 0.295 e. The summed E-state index contributed by atoms with van der Waals surface area (Å²) in [6.45, 7) is 0. The number of hydrogen-bond acceptors (Lipinski definition) is 4. The summed E-state index contributed by atoms with van der Waals surface area (Å²) in [6.07, 6.45) is 2.04. The molecule has 0 aliphatic carbocycles. The second-order valence-corrected chi connectivity index (χ2v) is 5.42. The number of halogens is 1. The first-order valence-electron chi connectivity index (χ1n) is 6.07. The molecule has 7 heteroatoms. The molecule has 1 fully saturated rings. The molecular weight excluding hydrogens is 326 g/mol. The van der Waals surface area contributed by atoms with Gasteiger partial charge in [-0.1, -0.05) is 12.1 Å². The highest BCUT2D eigenvalue weighted by Crippen LogP contribution is 2.21. The van der Waals surface area contributed by atoms with E-state index in [-0.39, 0.29) is 24.3 Å². The molecule has 1 saturated heterocycles. The number of nitrogens with one attached hydrogen (secondary N) is 1. The molecule has 6 nitrogen and oxygen atoms in total. The fraction of sp³-hybridized carbons (Fsp3) is 0.231. The highest BCUT2D eigenvalue weighted by atomic mass is 79.9. The van der Waals surface area contributed by atoms with Crippen LogP contribution in [-0.2, 0) is 9.59 Å². The lowest BCUT2D eigenvalue weighted by Crippen LogP contribution is -2.45. The van der Waals surface area contributed by atoms with Crippen LogP contribution in [0.4, 0.5) is 0 Å². The number of benzene rings is 1. The van der Waals surface area contributed by atoms with Crippen molar-refractivity contribution >= 4 is 38.5 Å². The molecule has 1 unspecified atom stereocenters. The number of hydrogen-bond donors (Lipinski definition) is 1. The van der Waals surface area contributed by atoms with Gasteiger partial charge in [0.25, 0.3) is 11.5 Å². The number of imide groups is 1. The highest BCUT2D eigenvalue weighted by molar-refractivity contribution is 9.10. The summed E-state index contributed by atoms with van der Waals surface area (Å²) in [6, 6.07) is 4.61. The van der Waals surface area contributed by atoms with Crippen LogP contribution in [0.1, 0.15) is 18.9 Å². The zero-order valence-electron chi connectivity index (χ0n) is 10.3. The summed E-state index contributed by atoms with van der Waals surface area (Å²) in [5.41, 5.74) is -0.343. The Kier molecular flexibility index (Phi) is 3.13. The number of rotatable bonds is 1. The fourth-order valence-electron chi connectivity index (χ4n) is 2.30. The van der Waals surface area contributed by atoms with Gasteiger partial charge in [0.15, 0.2) is 0 Å². The second-order valence-electron chi connectivity index (χ2n) is 4.57. The molecule has 0 saturated carbocycles. The average Bonchev–Trinajstić information content (AvgIpc) is 2.40. The molecule has 20 heavy (non-hydrogen) atoms. The van der Waals surface area contributed by atoms with Crippen LogP contribution in [0.5, 0.6) is 0 Å². The highest BCUT2D eigenvalue weighted by Gasteiger charge is 2.30. The van der Waals surface area contributed by atoms with Crippen LogP contribution in [0.25, 0.3) is 10.8 Å². The molecule has 2 amide bonds. The number of piperidine rings is 1. The van der Waals surface area contributed by atoms with E-state index in [4.69, 9.17) is 0 Å². The summed E-state index contributed by atoms with van der Waals surface area (Å²) >= 11 is 3.33. The average molecular weight is 336 g/mol. The predicted octanol–water partition coefficient (Wildman–Crippen LogP) is 1.14. The Morgan fingerprint density at radius 2 is 2.10 bits per heavy atom. The quantitative estimate of drug-likeness (QED) is 0.792. The molecule has 2 heterocycles. The zero-order chi connectivity index (χ0) is 14.3. The van der Waals surface area contributed by atoms with Crippen molar-refractivity contribution in [2.24, 2.45) is 0 Å². The summed E-state index contributed by atoms with van der Waals surface area (Å²) in [5, 5.41) is 7.47. The van der Waals surface area contributed by atoms with Gasteiger partial charge in [0.2, 0.25) is 5.91 Å². The molecular formula is C13H10BrN3O3. The Bertz CT molecular complexity index is 784. The Balaban J connectivity index is 2.16. The van der Waals surface area contributed by atoms with Gasteiger partial charge in [-0.25, -0.2) is 4.68 Å². The zero-order valence-corrected chi connectivity index (χ0v) is 11.9. The monoisotopic (exact) mass is 335 g/mol. The number of nitrogens with zero attached hydrogens (tertiary/aromatic N) is 2. The molecule has 1 atom stereocenters. The van der Waals surface area contributed by atoms with Crippen molar-refractivity contribution in [2.75, 3.05) is 0 Å². The van der Waals surface area contributed by atoms with Crippen molar-refractivity contribution in [1.29, 1.82) is 0 Å². The van der Waals surface area contributed by atoms with E-state index >= 15 is 0 Å². The minimum absolute atomic E-state index is 0.207. The first-order valence-corrected chi connectivity index (χ1v) is 6.87. The third-order valence-corrected chi connectivity index (χ3v) is 3.96. The number of fused-ring (bicyclic) bond motifs is 1. The second kappa shape index (κ2) is 4.82. The first-order chi connectivity index (χ1) is 9.58. The summed E-state index contributed by atoms with van der Waals surface area (Å²) < 4.78 is 1.80. The van der Waals surface area contributed by atoms with Gasteiger partial charge in [0.05, 0.1) is 11.6 Å². The third-order valence-electron chi connectivity index (χ3n) is 3.29. The fourth-order valence-corrected chi connectivity index (χ4v) is 2.85. The van der Waals surface area contributed by atoms with Crippen LogP contribution < -0.4 is 10.9 Å². The van der Waals surface area contributed by atoms with Gasteiger partial charge >= 0.3 is 0 Å². The third kappa shape index (κ3) is 2.03. The van der Waals surface area contributed by atoms with Gasteiger partial charge < -0.3 is 0 Å². The van der Waals surface area contributed by atoms with E-state index in [1.165, 1.54) is 0 Å². The van der Waals surface area contributed by atoms with Crippen molar-refractivity contribution in [1.82, 2.24) is 15.1 Å². The van der Waals surface area contributed by atoms with Crippen LogP contribution in [-0.4, -0.2) is 21.6 Å². The van der Waals surface area contributed by atoms with Gasteiger partial charge in [0, 0.05) is 16.3 Å². The Morgan fingerprint density at radius 1 is 1.30 bits per heavy atom. The van der Waals surface area contributed by atoms with E-state index in [9.17, 15) is 14.4 Å². The molecule has 2 aromatic rings. The maximum atomic E-state index is 12.5. The van der Waals surface area contributed by atoms with Crippen LogP contribution >= 0.6 is 15.9 Å². The van der Waals surface area contributed by atoms with Crippen molar-refractivity contribution in [3.63, 3.8) is 0 Å². The van der Waals surface area contributed by atoms with E-state index in [0.717, 1.165) is 4.68 Å². The van der Waals surface area contributed by atoms with Crippen molar-refractivity contribution in [3.8, 4) is 0 Å². The van der Waals surface area contributed by atoms with Crippen LogP contribution in [0, 0.1) is 0 Å². The van der Waals surface area contributed by atoms with E-state index in [1.54, 1.807) is 18.3 Å². The molecule has 1 aliphatic heterocycles. The topological polar surface area (TPSA) is 81.1 Å². The van der Waals surface area contributed by atoms with Crippen molar-refractivity contribution in [2.45, 2.75) is 18.9 Å². The lowest BCUT2D eigenvalue weighted by molar-refractivity contribution is -0.136. The first kappa shape index (κ1) is 13.0. The lowest BCUT2D eigenvalue weighted by atomic mass is 10.1. The number of carbonyl (C=O) groups is 2. The molecule has 0 spiro atoms. The molecule has 0 radical (unpaired) electrons.